The van der Waals surface area contributed by atoms with Gasteiger partial charge in [0.25, 0.3) is 5.91 Å². The van der Waals surface area contributed by atoms with Crippen LogP contribution in [0.2, 0.25) is 0 Å². The fraction of sp³-hybridized carbons (Fsp3) is 0.462. The van der Waals surface area contributed by atoms with Gasteiger partial charge in [0.15, 0.2) is 0 Å². The van der Waals surface area contributed by atoms with Crippen LogP contribution in [0.5, 0.6) is 5.75 Å². The summed E-state index contributed by atoms with van der Waals surface area (Å²) in [6.45, 7) is 3.75. The Morgan fingerprint density at radius 2 is 2.03 bits per heavy atom. The van der Waals surface area contributed by atoms with E-state index in [1.54, 1.807) is 49.5 Å². The first-order valence-electron chi connectivity index (χ1n) is 12.0. The number of nitrogens with zero attached hydrogens (tertiary/aromatic N) is 3. The maximum absolute atomic E-state index is 13.6. The number of rotatable bonds is 6. The van der Waals surface area contributed by atoms with Crippen molar-refractivity contribution in [2.75, 3.05) is 26.7 Å². The lowest BCUT2D eigenvalue weighted by atomic mass is 10.0. The van der Waals surface area contributed by atoms with Gasteiger partial charge in [0.2, 0.25) is 10.0 Å². The standard InChI is InChI=1S/C26H33N3O5S/c1-18-15-29(19(2)17-30)35(32,33)25-9-8-22(20-6-4-5-7-20)14-23(25)34-24(18)16-28(3)26(31)21-10-12-27-13-11-21/h6,8-14,18-19,24,30H,4-5,7,15-17H2,1-3H3/t18-,19+,24+/m0/s1. The van der Waals surface area contributed by atoms with Crippen LogP contribution in [-0.2, 0) is 10.0 Å². The highest BCUT2D eigenvalue weighted by Crippen LogP contribution is 2.37. The molecule has 2 aliphatic rings. The zero-order valence-corrected chi connectivity index (χ0v) is 21.2. The third kappa shape index (κ3) is 5.27. The lowest BCUT2D eigenvalue weighted by Crippen LogP contribution is -2.50. The normalized spacial score (nSPS) is 22.8. The van der Waals surface area contributed by atoms with Crippen molar-refractivity contribution in [3.8, 4) is 5.75 Å². The maximum Gasteiger partial charge on any atom is 0.253 e. The molecule has 188 valence electrons. The summed E-state index contributed by atoms with van der Waals surface area (Å²) in [5, 5.41) is 9.81. The van der Waals surface area contributed by atoms with Crippen LogP contribution in [0.15, 0.2) is 53.7 Å². The van der Waals surface area contributed by atoms with E-state index in [0.717, 1.165) is 24.8 Å². The molecule has 1 aromatic heterocycles. The number of allylic oxidation sites excluding steroid dienone is 2. The summed E-state index contributed by atoms with van der Waals surface area (Å²) < 4.78 is 35.0. The Morgan fingerprint density at radius 1 is 1.29 bits per heavy atom. The Balaban J connectivity index is 1.72. The third-order valence-corrected chi connectivity index (χ3v) is 8.83. The quantitative estimate of drug-likeness (QED) is 0.655. The molecular formula is C26H33N3O5S. The molecule has 3 atom stereocenters. The predicted octanol–water partition coefficient (Wildman–Crippen LogP) is 3.19. The zero-order chi connectivity index (χ0) is 25.2. The molecule has 1 aliphatic carbocycles. The van der Waals surface area contributed by atoms with Gasteiger partial charge in [-0.2, -0.15) is 4.31 Å². The first kappa shape index (κ1) is 25.3. The SMILES string of the molecule is C[C@H](CO)N1C[C@H](C)[C@@H](CN(C)C(=O)c2ccncc2)Oc2cc(C3=CCCC3)ccc2S1(=O)=O. The number of amides is 1. The average Bonchev–Trinajstić information content (AvgIpc) is 3.40. The van der Waals surface area contributed by atoms with E-state index in [4.69, 9.17) is 4.74 Å². The fourth-order valence-corrected chi connectivity index (χ4v) is 6.47. The minimum Gasteiger partial charge on any atom is -0.487 e. The Bertz CT molecular complexity index is 1200. The lowest BCUT2D eigenvalue weighted by molar-refractivity contribution is 0.0563. The van der Waals surface area contributed by atoms with Crippen molar-refractivity contribution in [3.63, 3.8) is 0 Å². The van der Waals surface area contributed by atoms with Gasteiger partial charge in [0.1, 0.15) is 16.7 Å². The smallest absolute Gasteiger partial charge is 0.253 e. The molecule has 0 spiro atoms. The van der Waals surface area contributed by atoms with Crippen molar-refractivity contribution in [1.82, 2.24) is 14.2 Å². The van der Waals surface area contributed by atoms with E-state index >= 15 is 0 Å². The summed E-state index contributed by atoms with van der Waals surface area (Å²) >= 11 is 0. The number of pyridine rings is 1. The number of aliphatic hydroxyl groups is 1. The van der Waals surface area contributed by atoms with Gasteiger partial charge in [-0.1, -0.05) is 19.1 Å². The first-order valence-corrected chi connectivity index (χ1v) is 13.4. The predicted molar refractivity (Wildman–Crippen MR) is 133 cm³/mol. The van der Waals surface area contributed by atoms with Crippen LogP contribution < -0.4 is 4.74 Å². The molecule has 2 aromatic rings. The minimum atomic E-state index is -3.90. The summed E-state index contributed by atoms with van der Waals surface area (Å²) in [5.41, 5.74) is 2.66. The van der Waals surface area contributed by atoms with Gasteiger partial charge < -0.3 is 14.7 Å². The number of benzene rings is 1. The molecule has 0 saturated carbocycles. The molecule has 1 N–H and O–H groups in total. The third-order valence-electron chi connectivity index (χ3n) is 6.81. The van der Waals surface area contributed by atoms with Crippen molar-refractivity contribution in [2.24, 2.45) is 5.92 Å². The molecular weight excluding hydrogens is 466 g/mol. The van der Waals surface area contributed by atoms with Crippen LogP contribution in [0.4, 0.5) is 0 Å². The molecule has 8 nitrogen and oxygen atoms in total. The lowest BCUT2D eigenvalue weighted by Gasteiger charge is -2.37. The Labute approximate surface area is 207 Å². The van der Waals surface area contributed by atoms with Gasteiger partial charge >= 0.3 is 0 Å². The van der Waals surface area contributed by atoms with E-state index in [1.807, 2.05) is 19.1 Å². The monoisotopic (exact) mass is 499 g/mol. The number of aliphatic hydroxyl groups excluding tert-OH is 1. The van der Waals surface area contributed by atoms with Crippen molar-refractivity contribution in [1.29, 1.82) is 0 Å². The number of ether oxygens (including phenoxy) is 1. The highest BCUT2D eigenvalue weighted by molar-refractivity contribution is 7.89. The van der Waals surface area contributed by atoms with Crippen LogP contribution in [0, 0.1) is 5.92 Å². The second-order valence-electron chi connectivity index (χ2n) is 9.44. The number of sulfonamides is 1. The maximum atomic E-state index is 13.6. The summed E-state index contributed by atoms with van der Waals surface area (Å²) in [7, 11) is -2.19. The van der Waals surface area contributed by atoms with Crippen LogP contribution in [-0.4, -0.2) is 72.5 Å². The molecule has 0 radical (unpaired) electrons. The minimum absolute atomic E-state index is 0.0835. The highest BCUT2D eigenvalue weighted by Gasteiger charge is 2.38. The molecule has 9 heteroatoms. The second-order valence-corrected chi connectivity index (χ2v) is 11.3. The molecule has 0 saturated heterocycles. The van der Waals surface area contributed by atoms with E-state index < -0.39 is 22.2 Å². The molecule has 0 bridgehead atoms. The number of hydrogen-bond donors (Lipinski definition) is 1. The summed E-state index contributed by atoms with van der Waals surface area (Å²) in [5.74, 6) is -0.121. The molecule has 1 aromatic carbocycles. The van der Waals surface area contributed by atoms with E-state index in [0.29, 0.717) is 5.56 Å². The van der Waals surface area contributed by atoms with Gasteiger partial charge in [-0.25, -0.2) is 8.42 Å². The van der Waals surface area contributed by atoms with Gasteiger partial charge in [-0.3, -0.25) is 9.78 Å². The van der Waals surface area contributed by atoms with Gasteiger partial charge in [0, 0.05) is 43.5 Å². The van der Waals surface area contributed by atoms with Gasteiger partial charge in [-0.15, -0.1) is 0 Å². The zero-order valence-electron chi connectivity index (χ0n) is 20.4. The van der Waals surface area contributed by atoms with Crippen molar-refractivity contribution in [3.05, 3.63) is 59.9 Å². The molecule has 2 heterocycles. The first-order chi connectivity index (χ1) is 16.7. The van der Waals surface area contributed by atoms with E-state index in [2.05, 4.69) is 11.1 Å². The topological polar surface area (TPSA) is 100 Å². The number of likely N-dealkylation sites (N-methyl/N-ethyl adjacent to an activating group) is 1. The Kier molecular flexibility index (Phi) is 7.59. The molecule has 0 fully saturated rings. The van der Waals surface area contributed by atoms with Crippen LogP contribution in [0.25, 0.3) is 5.57 Å². The number of aromatic nitrogens is 1. The van der Waals surface area contributed by atoms with Crippen LogP contribution in [0.1, 0.15) is 49.0 Å². The van der Waals surface area contributed by atoms with Gasteiger partial charge in [0.05, 0.1) is 13.2 Å². The summed E-state index contributed by atoms with van der Waals surface area (Å²) in [6, 6.07) is 7.97. The van der Waals surface area contributed by atoms with Crippen molar-refractivity contribution >= 4 is 21.5 Å². The van der Waals surface area contributed by atoms with Gasteiger partial charge in [-0.05, 0) is 61.6 Å². The van der Waals surface area contributed by atoms with E-state index in [-0.39, 0.29) is 42.2 Å². The summed E-state index contributed by atoms with van der Waals surface area (Å²) in [6.07, 6.45) is 7.91. The van der Waals surface area contributed by atoms with Crippen LogP contribution in [0.3, 0.4) is 0 Å². The molecule has 0 unspecified atom stereocenters. The average molecular weight is 500 g/mol. The Morgan fingerprint density at radius 3 is 2.69 bits per heavy atom. The Hall–Kier alpha value is -2.75. The molecule has 35 heavy (non-hydrogen) atoms. The number of hydrogen-bond acceptors (Lipinski definition) is 6. The number of carbonyl (C=O) groups is 1. The van der Waals surface area contributed by atoms with Crippen molar-refractivity contribution < 1.29 is 23.1 Å². The molecule has 1 amide bonds. The van der Waals surface area contributed by atoms with Crippen molar-refractivity contribution in [2.45, 2.75) is 50.2 Å². The fourth-order valence-electron chi connectivity index (χ4n) is 4.64. The van der Waals surface area contributed by atoms with Crippen LogP contribution >= 0.6 is 0 Å². The highest BCUT2D eigenvalue weighted by atomic mass is 32.2. The number of carbonyl (C=O) groups excluding carboxylic acids is 1. The molecule has 1 aliphatic heterocycles. The van der Waals surface area contributed by atoms with E-state index in [9.17, 15) is 18.3 Å². The largest absolute Gasteiger partial charge is 0.487 e. The second kappa shape index (κ2) is 10.5. The summed E-state index contributed by atoms with van der Waals surface area (Å²) in [4.78, 5) is 18.6. The molecule has 4 rings (SSSR count). The number of fused-ring (bicyclic) bond motifs is 1. The van der Waals surface area contributed by atoms with E-state index in [1.165, 1.54) is 9.88 Å².